The second-order valence-corrected chi connectivity index (χ2v) is 6.82. The summed E-state index contributed by atoms with van der Waals surface area (Å²) in [6, 6.07) is 4.19. The molecule has 0 aromatic carbocycles. The first-order chi connectivity index (χ1) is 11.1. The molecule has 0 spiro atoms. The van der Waals surface area contributed by atoms with E-state index >= 15 is 0 Å². The largest absolute Gasteiger partial charge is 0.393 e. The molecule has 0 radical (unpaired) electrons. The molecule has 122 valence electrons. The Kier molecular flexibility index (Phi) is 3.49. The van der Waals surface area contributed by atoms with E-state index in [-0.39, 0.29) is 24.0 Å². The summed E-state index contributed by atoms with van der Waals surface area (Å²) >= 11 is 0. The summed E-state index contributed by atoms with van der Waals surface area (Å²) < 4.78 is 3.82. The van der Waals surface area contributed by atoms with Crippen LogP contribution in [0, 0.1) is 5.92 Å². The van der Waals surface area contributed by atoms with Crippen LogP contribution in [-0.2, 0) is 7.05 Å². The molecule has 4 rings (SSSR count). The minimum atomic E-state index is -0.244. The number of carbonyl (C=O) groups excluding carboxylic acids is 1. The first kappa shape index (κ1) is 14.5. The molecule has 6 nitrogen and oxygen atoms in total. The first-order valence-corrected chi connectivity index (χ1v) is 8.26. The maximum absolute atomic E-state index is 12.8. The van der Waals surface area contributed by atoms with Crippen LogP contribution in [0.3, 0.4) is 0 Å². The molecule has 6 heteroatoms. The number of nitrogens with one attached hydrogen (secondary N) is 1. The molecule has 1 amide bonds. The van der Waals surface area contributed by atoms with Crippen LogP contribution < -0.4 is 5.32 Å². The summed E-state index contributed by atoms with van der Waals surface area (Å²) in [5.41, 5.74) is 1.73. The second kappa shape index (κ2) is 5.53. The fourth-order valence-corrected chi connectivity index (χ4v) is 3.45. The predicted molar refractivity (Wildman–Crippen MR) is 84.8 cm³/mol. The topological polar surface area (TPSA) is 72.1 Å². The molecular formula is C17H22N4O2. The fraction of sp³-hybridized carbons (Fsp3) is 0.529. The molecule has 2 saturated carbocycles. The van der Waals surface area contributed by atoms with Crippen LogP contribution in [0.4, 0.5) is 0 Å². The van der Waals surface area contributed by atoms with E-state index in [2.05, 4.69) is 15.0 Å². The monoisotopic (exact) mass is 314 g/mol. The van der Waals surface area contributed by atoms with Crippen LogP contribution in [0.2, 0.25) is 0 Å². The lowest BCUT2D eigenvalue weighted by atomic mass is 9.75. The average Bonchev–Trinajstić information content (AvgIpc) is 3.05. The third-order valence-electron chi connectivity index (χ3n) is 4.94. The Hall–Kier alpha value is -2.08. The zero-order chi connectivity index (χ0) is 16.0. The molecule has 2 N–H and O–H groups in total. The van der Waals surface area contributed by atoms with Gasteiger partial charge < -0.3 is 15.0 Å². The number of amides is 1. The average molecular weight is 314 g/mol. The van der Waals surface area contributed by atoms with Crippen LogP contribution in [-0.4, -0.2) is 31.5 Å². The summed E-state index contributed by atoms with van der Waals surface area (Å²) in [4.78, 5) is 12.8. The Morgan fingerprint density at radius 2 is 2.22 bits per heavy atom. The number of nitrogens with zero attached hydrogens (tertiary/aromatic N) is 3. The highest BCUT2D eigenvalue weighted by Crippen LogP contribution is 2.39. The molecule has 0 aliphatic heterocycles. The van der Waals surface area contributed by atoms with Gasteiger partial charge in [-0.2, -0.15) is 5.10 Å². The normalized spacial score (nSPS) is 25.0. The summed E-state index contributed by atoms with van der Waals surface area (Å²) in [7, 11) is 1.87. The molecule has 2 aliphatic rings. The van der Waals surface area contributed by atoms with E-state index in [9.17, 15) is 9.90 Å². The van der Waals surface area contributed by atoms with Gasteiger partial charge in [0.2, 0.25) is 0 Å². The van der Waals surface area contributed by atoms with Gasteiger partial charge in [-0.1, -0.05) is 0 Å². The van der Waals surface area contributed by atoms with E-state index in [4.69, 9.17) is 0 Å². The van der Waals surface area contributed by atoms with E-state index in [1.807, 2.05) is 31.6 Å². The quantitative estimate of drug-likeness (QED) is 0.884. The first-order valence-electron chi connectivity index (χ1n) is 8.26. The minimum absolute atomic E-state index is 0.0443. The van der Waals surface area contributed by atoms with Crippen molar-refractivity contribution < 1.29 is 9.90 Å². The van der Waals surface area contributed by atoms with Gasteiger partial charge in [0.15, 0.2) is 0 Å². The van der Waals surface area contributed by atoms with Crippen molar-refractivity contribution in [2.75, 3.05) is 0 Å². The Morgan fingerprint density at radius 1 is 1.43 bits per heavy atom. The number of aliphatic hydroxyl groups excluding tert-OH is 1. The van der Waals surface area contributed by atoms with Gasteiger partial charge in [0, 0.05) is 31.0 Å². The lowest BCUT2D eigenvalue weighted by Gasteiger charge is -2.37. The highest BCUT2D eigenvalue weighted by atomic mass is 16.3. The number of aryl methyl sites for hydroxylation is 1. The van der Waals surface area contributed by atoms with Crippen molar-refractivity contribution in [3.05, 3.63) is 42.0 Å². The molecule has 2 fully saturated rings. The van der Waals surface area contributed by atoms with E-state index < -0.39 is 0 Å². The molecule has 1 unspecified atom stereocenters. The molecular weight excluding hydrogens is 292 g/mol. The van der Waals surface area contributed by atoms with Gasteiger partial charge in [-0.05, 0) is 43.7 Å². The van der Waals surface area contributed by atoms with Crippen LogP contribution in [0.15, 0.2) is 30.7 Å². The predicted octanol–water partition coefficient (Wildman–Crippen LogP) is 1.80. The number of rotatable bonds is 5. The lowest BCUT2D eigenvalue weighted by Crippen LogP contribution is -2.41. The van der Waals surface area contributed by atoms with Crippen molar-refractivity contribution in [1.29, 1.82) is 0 Å². The Labute approximate surface area is 135 Å². The van der Waals surface area contributed by atoms with Crippen LogP contribution >= 0.6 is 0 Å². The van der Waals surface area contributed by atoms with Crippen LogP contribution in [0.25, 0.3) is 0 Å². The summed E-state index contributed by atoms with van der Waals surface area (Å²) in [5.74, 6) is 0.222. The Bertz CT molecular complexity index is 710. The van der Waals surface area contributed by atoms with Gasteiger partial charge in [-0.15, -0.1) is 0 Å². The van der Waals surface area contributed by atoms with Crippen molar-refractivity contribution in [1.82, 2.24) is 19.7 Å². The SMILES string of the molecule is Cn1cc(C(NC(=O)c2cccn2C2CC2)C2CC(O)C2)cn1. The third kappa shape index (κ3) is 2.79. The molecule has 0 bridgehead atoms. The van der Waals surface area contributed by atoms with E-state index in [0.717, 1.165) is 36.9 Å². The van der Waals surface area contributed by atoms with Gasteiger partial charge in [0.25, 0.3) is 5.91 Å². The number of hydrogen-bond acceptors (Lipinski definition) is 3. The standard InChI is InChI=1S/C17H22N4O2/c1-20-10-12(9-18-20)16(11-7-14(22)8-11)19-17(23)15-3-2-6-21(15)13-4-5-13/h2-3,6,9-11,13-14,16,22H,4-5,7-8H2,1H3,(H,19,23). The third-order valence-corrected chi connectivity index (χ3v) is 4.94. The van der Waals surface area contributed by atoms with Crippen molar-refractivity contribution in [3.8, 4) is 0 Å². The minimum Gasteiger partial charge on any atom is -0.393 e. The van der Waals surface area contributed by atoms with Gasteiger partial charge >= 0.3 is 0 Å². The maximum Gasteiger partial charge on any atom is 0.268 e. The zero-order valence-corrected chi connectivity index (χ0v) is 13.2. The van der Waals surface area contributed by atoms with Crippen LogP contribution in [0.1, 0.15) is 53.8 Å². The van der Waals surface area contributed by atoms with E-state index in [1.54, 1.807) is 10.9 Å². The van der Waals surface area contributed by atoms with Gasteiger partial charge in [-0.3, -0.25) is 9.48 Å². The molecule has 2 aromatic heterocycles. The van der Waals surface area contributed by atoms with Crippen molar-refractivity contribution in [2.45, 2.75) is 43.9 Å². The van der Waals surface area contributed by atoms with Gasteiger partial charge in [-0.25, -0.2) is 0 Å². The van der Waals surface area contributed by atoms with Crippen LogP contribution in [0.5, 0.6) is 0 Å². The van der Waals surface area contributed by atoms with Crippen molar-refractivity contribution >= 4 is 5.91 Å². The highest BCUT2D eigenvalue weighted by Gasteiger charge is 2.37. The summed E-state index contributed by atoms with van der Waals surface area (Å²) in [6.45, 7) is 0. The molecule has 0 saturated heterocycles. The highest BCUT2D eigenvalue weighted by molar-refractivity contribution is 5.93. The number of hydrogen-bond donors (Lipinski definition) is 2. The molecule has 23 heavy (non-hydrogen) atoms. The summed E-state index contributed by atoms with van der Waals surface area (Å²) in [6.07, 6.45) is 9.23. The van der Waals surface area contributed by atoms with E-state index in [0.29, 0.717) is 6.04 Å². The molecule has 2 aliphatic carbocycles. The lowest BCUT2D eigenvalue weighted by molar-refractivity contribution is 0.0234. The number of aromatic nitrogens is 3. The molecule has 2 heterocycles. The fourth-order valence-electron chi connectivity index (χ4n) is 3.45. The van der Waals surface area contributed by atoms with Crippen molar-refractivity contribution in [3.63, 3.8) is 0 Å². The zero-order valence-electron chi connectivity index (χ0n) is 13.2. The van der Waals surface area contributed by atoms with Gasteiger partial charge in [0.05, 0.1) is 18.3 Å². The molecule has 2 aromatic rings. The van der Waals surface area contributed by atoms with Crippen molar-refractivity contribution in [2.24, 2.45) is 13.0 Å². The van der Waals surface area contributed by atoms with Gasteiger partial charge in [0.1, 0.15) is 5.69 Å². The summed E-state index contributed by atoms with van der Waals surface area (Å²) in [5, 5.41) is 17.0. The Balaban J connectivity index is 1.54. The second-order valence-electron chi connectivity index (χ2n) is 6.82. The molecule has 1 atom stereocenters. The smallest absolute Gasteiger partial charge is 0.268 e. The van der Waals surface area contributed by atoms with E-state index in [1.165, 1.54) is 0 Å². The number of carbonyl (C=O) groups is 1. The maximum atomic E-state index is 12.8. The number of aliphatic hydroxyl groups is 1. The Morgan fingerprint density at radius 3 is 2.83 bits per heavy atom.